The van der Waals surface area contributed by atoms with E-state index in [1.165, 1.54) is 11.1 Å². The fourth-order valence-electron chi connectivity index (χ4n) is 3.55. The lowest BCUT2D eigenvalue weighted by Gasteiger charge is -2.37. The Kier molecular flexibility index (Phi) is 4.87. The number of tetrazole rings is 1. The molecular formula is C19H24N8O2. The van der Waals surface area contributed by atoms with Crippen molar-refractivity contribution >= 4 is 5.91 Å². The minimum Gasteiger partial charge on any atom is -0.384 e. The quantitative estimate of drug-likeness (QED) is 0.708. The summed E-state index contributed by atoms with van der Waals surface area (Å²) in [6.45, 7) is 5.88. The zero-order valence-corrected chi connectivity index (χ0v) is 16.7. The average Bonchev–Trinajstić information content (AvgIpc) is 3.40. The summed E-state index contributed by atoms with van der Waals surface area (Å²) in [4.78, 5) is 18.2. The van der Waals surface area contributed by atoms with Crippen LogP contribution in [0.5, 0.6) is 0 Å². The molecule has 1 aliphatic heterocycles. The summed E-state index contributed by atoms with van der Waals surface area (Å²) in [6.07, 6.45) is 4.61. The molecule has 3 heterocycles. The SMILES string of the molecule is C[C@@H]1CC[C@@H](n2ncc(C(C)(C)O)n2)CN1C(=O)c1ccccc1-n1ncnn1. The number of nitrogens with zero attached hydrogens (tertiary/aromatic N) is 8. The zero-order valence-electron chi connectivity index (χ0n) is 16.7. The first kappa shape index (κ1) is 19.2. The van der Waals surface area contributed by atoms with Crippen molar-refractivity contribution in [2.45, 2.75) is 51.3 Å². The predicted molar refractivity (Wildman–Crippen MR) is 103 cm³/mol. The molecule has 2 aromatic heterocycles. The zero-order chi connectivity index (χ0) is 20.6. The Morgan fingerprint density at radius 1 is 1.21 bits per heavy atom. The number of rotatable bonds is 4. The molecule has 3 aromatic rings. The third kappa shape index (κ3) is 3.75. The van der Waals surface area contributed by atoms with E-state index in [1.54, 1.807) is 37.0 Å². The standard InChI is InChI=1S/C19H24N8O2/c1-13-8-9-14(26-21-10-17(23-26)19(2,3)29)11-25(13)18(28)15-6-4-5-7-16(15)27-22-12-20-24-27/h4-7,10,12-14,29H,8-9,11H2,1-3H3/t13-,14-/m1/s1. The van der Waals surface area contributed by atoms with E-state index in [-0.39, 0.29) is 18.0 Å². The number of piperidine rings is 1. The van der Waals surface area contributed by atoms with Gasteiger partial charge in [0, 0.05) is 12.6 Å². The van der Waals surface area contributed by atoms with Crippen LogP contribution in [-0.2, 0) is 5.60 Å². The number of amides is 1. The first-order valence-electron chi connectivity index (χ1n) is 9.62. The normalized spacial score (nSPS) is 20.1. The fourth-order valence-corrected chi connectivity index (χ4v) is 3.55. The Balaban J connectivity index is 1.60. The van der Waals surface area contributed by atoms with Crippen LogP contribution in [0.1, 0.15) is 55.7 Å². The van der Waals surface area contributed by atoms with Crippen molar-refractivity contribution in [1.29, 1.82) is 0 Å². The Bertz CT molecular complexity index is 992. The molecule has 152 valence electrons. The van der Waals surface area contributed by atoms with Crippen molar-refractivity contribution in [1.82, 2.24) is 40.1 Å². The van der Waals surface area contributed by atoms with Gasteiger partial charge in [-0.25, -0.2) is 0 Å². The molecule has 0 radical (unpaired) electrons. The summed E-state index contributed by atoms with van der Waals surface area (Å²) in [5.74, 6) is -0.0926. The second-order valence-electron chi connectivity index (χ2n) is 7.89. The maximum atomic E-state index is 13.4. The Morgan fingerprint density at radius 3 is 2.69 bits per heavy atom. The molecule has 2 atom stereocenters. The van der Waals surface area contributed by atoms with Crippen molar-refractivity contribution in [2.24, 2.45) is 0 Å². The van der Waals surface area contributed by atoms with Gasteiger partial charge in [0.05, 0.1) is 17.8 Å². The van der Waals surface area contributed by atoms with Gasteiger partial charge in [-0.2, -0.15) is 15.0 Å². The van der Waals surface area contributed by atoms with Crippen LogP contribution < -0.4 is 0 Å². The highest BCUT2D eigenvalue weighted by atomic mass is 16.3. The molecule has 1 aliphatic rings. The van der Waals surface area contributed by atoms with Gasteiger partial charge in [0.2, 0.25) is 0 Å². The molecule has 0 spiro atoms. The van der Waals surface area contributed by atoms with E-state index < -0.39 is 5.60 Å². The molecule has 1 aromatic carbocycles. The van der Waals surface area contributed by atoms with E-state index in [9.17, 15) is 9.90 Å². The summed E-state index contributed by atoms with van der Waals surface area (Å²) in [5, 5.41) is 30.6. The van der Waals surface area contributed by atoms with Gasteiger partial charge in [-0.15, -0.1) is 15.0 Å². The van der Waals surface area contributed by atoms with Crippen LogP contribution >= 0.6 is 0 Å². The highest BCUT2D eigenvalue weighted by Crippen LogP contribution is 2.28. The smallest absolute Gasteiger partial charge is 0.256 e. The van der Waals surface area contributed by atoms with E-state index in [2.05, 4.69) is 25.6 Å². The number of hydrogen-bond donors (Lipinski definition) is 1. The number of carbonyl (C=O) groups is 1. The van der Waals surface area contributed by atoms with Crippen molar-refractivity contribution in [2.75, 3.05) is 6.54 Å². The highest BCUT2D eigenvalue weighted by molar-refractivity contribution is 5.98. The van der Waals surface area contributed by atoms with Crippen LogP contribution in [0.4, 0.5) is 0 Å². The molecule has 10 nitrogen and oxygen atoms in total. The summed E-state index contributed by atoms with van der Waals surface area (Å²) < 4.78 is 0. The fraction of sp³-hybridized carbons (Fsp3) is 0.474. The number of aliphatic hydroxyl groups is 1. The van der Waals surface area contributed by atoms with Gasteiger partial charge in [0.25, 0.3) is 5.91 Å². The molecule has 0 aliphatic carbocycles. The maximum Gasteiger partial charge on any atom is 0.256 e. The minimum atomic E-state index is -1.06. The van der Waals surface area contributed by atoms with Crippen LogP contribution in [0.15, 0.2) is 36.8 Å². The van der Waals surface area contributed by atoms with Crippen LogP contribution in [0.2, 0.25) is 0 Å². The molecule has 0 bridgehead atoms. The summed E-state index contributed by atoms with van der Waals surface area (Å²) >= 11 is 0. The van der Waals surface area contributed by atoms with Crippen LogP contribution in [0.3, 0.4) is 0 Å². The molecule has 4 rings (SSSR count). The molecule has 29 heavy (non-hydrogen) atoms. The van der Waals surface area contributed by atoms with Crippen molar-refractivity contribution < 1.29 is 9.90 Å². The average molecular weight is 396 g/mol. The van der Waals surface area contributed by atoms with Crippen LogP contribution in [0, 0.1) is 0 Å². The third-order valence-electron chi connectivity index (χ3n) is 5.28. The number of likely N-dealkylation sites (tertiary alicyclic amines) is 1. The number of aromatic nitrogens is 7. The molecule has 0 saturated carbocycles. The topological polar surface area (TPSA) is 115 Å². The van der Waals surface area contributed by atoms with Gasteiger partial charge < -0.3 is 10.0 Å². The number of hydrogen-bond acceptors (Lipinski definition) is 7. The van der Waals surface area contributed by atoms with Crippen LogP contribution in [-0.4, -0.2) is 63.7 Å². The van der Waals surface area contributed by atoms with E-state index >= 15 is 0 Å². The van der Waals surface area contributed by atoms with Gasteiger partial charge >= 0.3 is 0 Å². The molecular weight excluding hydrogens is 372 g/mol. The summed E-state index contributed by atoms with van der Waals surface area (Å²) in [5.41, 5.74) is 0.561. The molecule has 0 unspecified atom stereocenters. The number of para-hydroxylation sites is 1. The van der Waals surface area contributed by atoms with Crippen LogP contribution in [0.25, 0.3) is 5.69 Å². The van der Waals surface area contributed by atoms with Crippen molar-refractivity contribution in [3.05, 3.63) is 48.0 Å². The first-order valence-corrected chi connectivity index (χ1v) is 9.62. The highest BCUT2D eigenvalue weighted by Gasteiger charge is 2.33. The predicted octanol–water partition coefficient (Wildman–Crippen LogP) is 1.35. The molecule has 1 saturated heterocycles. The Morgan fingerprint density at radius 2 is 2.00 bits per heavy atom. The number of carbonyl (C=O) groups excluding carboxylic acids is 1. The number of benzene rings is 1. The molecule has 1 fully saturated rings. The summed E-state index contributed by atoms with van der Waals surface area (Å²) in [7, 11) is 0. The van der Waals surface area contributed by atoms with E-state index in [0.717, 1.165) is 12.8 Å². The van der Waals surface area contributed by atoms with Crippen molar-refractivity contribution in [3.63, 3.8) is 0 Å². The van der Waals surface area contributed by atoms with Gasteiger partial charge in [-0.05, 0) is 51.0 Å². The second kappa shape index (κ2) is 7.36. The monoisotopic (exact) mass is 396 g/mol. The van der Waals surface area contributed by atoms with E-state index in [1.807, 2.05) is 24.0 Å². The Hall–Kier alpha value is -3.14. The lowest BCUT2D eigenvalue weighted by Crippen LogP contribution is -2.46. The summed E-state index contributed by atoms with van der Waals surface area (Å²) in [6, 6.07) is 7.26. The van der Waals surface area contributed by atoms with Gasteiger partial charge in [-0.1, -0.05) is 12.1 Å². The second-order valence-corrected chi connectivity index (χ2v) is 7.89. The van der Waals surface area contributed by atoms with Crippen molar-refractivity contribution in [3.8, 4) is 5.69 Å². The Labute approximate surface area is 168 Å². The third-order valence-corrected chi connectivity index (χ3v) is 5.28. The maximum absolute atomic E-state index is 13.4. The van der Waals surface area contributed by atoms with Gasteiger partial charge in [0.1, 0.15) is 17.0 Å². The first-order chi connectivity index (χ1) is 13.8. The molecule has 10 heteroatoms. The minimum absolute atomic E-state index is 0.0529. The lowest BCUT2D eigenvalue weighted by molar-refractivity contribution is 0.0533. The van der Waals surface area contributed by atoms with Gasteiger partial charge in [-0.3, -0.25) is 4.79 Å². The van der Waals surface area contributed by atoms with E-state index in [0.29, 0.717) is 23.5 Å². The van der Waals surface area contributed by atoms with Gasteiger partial charge in [0.15, 0.2) is 6.33 Å². The largest absolute Gasteiger partial charge is 0.384 e. The molecule has 1 amide bonds. The van der Waals surface area contributed by atoms with E-state index in [4.69, 9.17) is 0 Å². The molecule has 1 N–H and O–H groups in total. The lowest BCUT2D eigenvalue weighted by atomic mass is 9.98.